The normalized spacial score (nSPS) is 12.3. The number of amides is 1. The van der Waals surface area contributed by atoms with Gasteiger partial charge in [0, 0.05) is 17.9 Å². The van der Waals surface area contributed by atoms with Gasteiger partial charge in [0.2, 0.25) is 5.91 Å². The molecular formula is C30H34N4OS. The molecule has 1 aromatic heterocycles. The van der Waals surface area contributed by atoms with Gasteiger partial charge in [0.1, 0.15) is 0 Å². The summed E-state index contributed by atoms with van der Waals surface area (Å²) in [6.45, 7) is 8.30. The molecule has 0 fully saturated rings. The molecule has 1 amide bonds. The lowest BCUT2D eigenvalue weighted by molar-refractivity contribution is -0.123. The highest BCUT2D eigenvalue weighted by molar-refractivity contribution is 7.98. The van der Waals surface area contributed by atoms with Crippen molar-refractivity contribution in [2.45, 2.75) is 57.5 Å². The van der Waals surface area contributed by atoms with Crippen LogP contribution in [0.15, 0.2) is 90.1 Å². The van der Waals surface area contributed by atoms with E-state index in [1.807, 2.05) is 36.4 Å². The van der Waals surface area contributed by atoms with Crippen LogP contribution in [-0.2, 0) is 17.0 Å². The van der Waals surface area contributed by atoms with Crippen molar-refractivity contribution in [3.8, 4) is 5.69 Å². The maximum absolute atomic E-state index is 13.1. The zero-order valence-electron chi connectivity index (χ0n) is 21.4. The summed E-state index contributed by atoms with van der Waals surface area (Å²) in [4.78, 5) is 13.1. The number of aryl methyl sites for hydroxylation is 1. The molecule has 1 heterocycles. The number of carbonyl (C=O) groups is 1. The molecule has 0 aliphatic carbocycles. The fourth-order valence-corrected chi connectivity index (χ4v) is 4.96. The average Bonchev–Trinajstić information content (AvgIpc) is 3.27. The molecule has 0 saturated carbocycles. The van der Waals surface area contributed by atoms with E-state index in [9.17, 15) is 4.79 Å². The number of hydrogen-bond donors (Lipinski definition) is 1. The number of hydrogen-bond acceptors (Lipinski definition) is 4. The predicted octanol–water partition coefficient (Wildman–Crippen LogP) is 6.70. The molecule has 4 rings (SSSR count). The third kappa shape index (κ3) is 7.08. The van der Waals surface area contributed by atoms with E-state index in [4.69, 9.17) is 0 Å². The van der Waals surface area contributed by atoms with Gasteiger partial charge in [-0.15, -0.1) is 10.2 Å². The maximum atomic E-state index is 13.1. The first-order chi connectivity index (χ1) is 17.3. The van der Waals surface area contributed by atoms with E-state index in [-0.39, 0.29) is 17.4 Å². The minimum absolute atomic E-state index is 0.0142. The van der Waals surface area contributed by atoms with Gasteiger partial charge >= 0.3 is 0 Å². The van der Waals surface area contributed by atoms with Crippen molar-refractivity contribution in [1.29, 1.82) is 0 Å². The zero-order chi connectivity index (χ0) is 25.5. The van der Waals surface area contributed by atoms with Crippen molar-refractivity contribution in [2.75, 3.05) is 0 Å². The molecule has 1 unspecified atom stereocenters. The summed E-state index contributed by atoms with van der Waals surface area (Å²) >= 11 is 1.65. The monoisotopic (exact) mass is 498 g/mol. The number of aromatic nitrogens is 3. The third-order valence-corrected chi connectivity index (χ3v) is 6.78. The topological polar surface area (TPSA) is 59.8 Å². The molecule has 0 saturated heterocycles. The molecule has 5 nitrogen and oxygen atoms in total. The lowest BCUT2D eigenvalue weighted by atomic mass is 9.91. The van der Waals surface area contributed by atoms with E-state index in [2.05, 4.69) is 96.3 Å². The number of thioether (sulfide) groups is 1. The van der Waals surface area contributed by atoms with Crippen molar-refractivity contribution in [3.05, 3.63) is 107 Å². The van der Waals surface area contributed by atoms with Crippen LogP contribution < -0.4 is 5.32 Å². The Morgan fingerprint density at radius 2 is 1.50 bits per heavy atom. The Morgan fingerprint density at radius 1 is 0.889 bits per heavy atom. The summed E-state index contributed by atoms with van der Waals surface area (Å²) in [6, 6.07) is 28.6. The maximum Gasteiger partial charge on any atom is 0.221 e. The highest BCUT2D eigenvalue weighted by atomic mass is 32.2. The fourth-order valence-electron chi connectivity index (χ4n) is 4.04. The SMILES string of the molecule is Cc1ccc(-n2c(SCc3ccccc3)nnc2C(Cc2ccccc2)NC(=O)CC(C)(C)C)cc1. The largest absolute Gasteiger partial charge is 0.346 e. The van der Waals surface area contributed by atoms with Gasteiger partial charge in [-0.3, -0.25) is 9.36 Å². The molecule has 3 aromatic carbocycles. The molecule has 36 heavy (non-hydrogen) atoms. The molecule has 6 heteroatoms. The zero-order valence-corrected chi connectivity index (χ0v) is 22.3. The van der Waals surface area contributed by atoms with Gasteiger partial charge in [-0.2, -0.15) is 0 Å². The van der Waals surface area contributed by atoms with Crippen LogP contribution in [0, 0.1) is 12.3 Å². The summed E-state index contributed by atoms with van der Waals surface area (Å²) in [5.74, 6) is 1.53. The molecule has 0 spiro atoms. The first kappa shape index (κ1) is 25.7. The van der Waals surface area contributed by atoms with E-state index in [0.717, 1.165) is 28.0 Å². The van der Waals surface area contributed by atoms with Gasteiger partial charge in [0.05, 0.1) is 6.04 Å². The van der Waals surface area contributed by atoms with Gasteiger partial charge in [0.15, 0.2) is 11.0 Å². The number of rotatable bonds is 9. The molecular weight excluding hydrogens is 464 g/mol. The summed E-state index contributed by atoms with van der Waals surface area (Å²) in [7, 11) is 0. The van der Waals surface area contributed by atoms with E-state index in [0.29, 0.717) is 12.8 Å². The Labute approximate surface area is 218 Å². The lowest BCUT2D eigenvalue weighted by Crippen LogP contribution is -2.34. The first-order valence-corrected chi connectivity index (χ1v) is 13.3. The van der Waals surface area contributed by atoms with E-state index in [1.54, 1.807) is 11.8 Å². The van der Waals surface area contributed by atoms with Crippen LogP contribution in [-0.4, -0.2) is 20.7 Å². The van der Waals surface area contributed by atoms with Crippen molar-refractivity contribution in [2.24, 2.45) is 5.41 Å². The Bertz CT molecular complexity index is 1260. The first-order valence-electron chi connectivity index (χ1n) is 12.3. The van der Waals surface area contributed by atoms with E-state index in [1.165, 1.54) is 11.1 Å². The van der Waals surface area contributed by atoms with Crippen molar-refractivity contribution in [1.82, 2.24) is 20.1 Å². The molecule has 186 valence electrons. The summed E-state index contributed by atoms with van der Waals surface area (Å²) in [5, 5.41) is 13.3. The van der Waals surface area contributed by atoms with E-state index >= 15 is 0 Å². The van der Waals surface area contributed by atoms with Gasteiger partial charge in [-0.25, -0.2) is 0 Å². The Balaban J connectivity index is 1.72. The average molecular weight is 499 g/mol. The van der Waals surface area contributed by atoms with Crippen molar-refractivity contribution < 1.29 is 4.79 Å². The molecule has 0 radical (unpaired) electrons. The second kappa shape index (κ2) is 11.6. The Hall–Kier alpha value is -3.38. The molecule has 0 aliphatic heterocycles. The van der Waals surface area contributed by atoms with Crippen molar-refractivity contribution in [3.63, 3.8) is 0 Å². The minimum Gasteiger partial charge on any atom is -0.346 e. The summed E-state index contributed by atoms with van der Waals surface area (Å²) in [5.41, 5.74) is 4.42. The van der Waals surface area contributed by atoms with Crippen LogP contribution in [0.25, 0.3) is 5.69 Å². The quantitative estimate of drug-likeness (QED) is 0.261. The number of nitrogens with one attached hydrogen (secondary N) is 1. The van der Waals surface area contributed by atoms with Gasteiger partial charge in [-0.1, -0.05) is 111 Å². The minimum atomic E-state index is -0.317. The summed E-state index contributed by atoms with van der Waals surface area (Å²) in [6.07, 6.45) is 1.07. The highest BCUT2D eigenvalue weighted by Gasteiger charge is 2.26. The van der Waals surface area contributed by atoms with Crippen LogP contribution in [0.4, 0.5) is 0 Å². The van der Waals surface area contributed by atoms with Crippen LogP contribution in [0.1, 0.15) is 55.7 Å². The van der Waals surface area contributed by atoms with Gasteiger partial charge in [0.25, 0.3) is 0 Å². The second-order valence-electron chi connectivity index (χ2n) is 10.3. The van der Waals surface area contributed by atoms with Crippen molar-refractivity contribution >= 4 is 17.7 Å². The fraction of sp³-hybridized carbons (Fsp3) is 0.300. The van der Waals surface area contributed by atoms with Crippen LogP contribution in [0.3, 0.4) is 0 Å². The van der Waals surface area contributed by atoms with E-state index < -0.39 is 0 Å². The Kier molecular flexibility index (Phi) is 8.26. The van der Waals surface area contributed by atoms with Crippen LogP contribution >= 0.6 is 11.8 Å². The number of nitrogens with zero attached hydrogens (tertiary/aromatic N) is 3. The number of carbonyl (C=O) groups excluding carboxylic acids is 1. The molecule has 1 atom stereocenters. The van der Waals surface area contributed by atoms with Gasteiger partial charge in [-0.05, 0) is 42.0 Å². The summed E-state index contributed by atoms with van der Waals surface area (Å²) < 4.78 is 2.10. The van der Waals surface area contributed by atoms with Crippen LogP contribution in [0.2, 0.25) is 0 Å². The van der Waals surface area contributed by atoms with Gasteiger partial charge < -0.3 is 5.32 Å². The second-order valence-corrected chi connectivity index (χ2v) is 11.3. The van der Waals surface area contributed by atoms with Crippen LogP contribution in [0.5, 0.6) is 0 Å². The standard InChI is InChI=1S/C30H34N4OS/c1-22-15-17-25(18-16-22)34-28(32-33-29(34)36-21-24-13-9-6-10-14-24)26(19-23-11-7-5-8-12-23)31-27(35)20-30(2,3)4/h5-18,26H,19-21H2,1-4H3,(H,31,35). The lowest BCUT2D eigenvalue weighted by Gasteiger charge is -2.23. The number of benzene rings is 3. The predicted molar refractivity (Wildman–Crippen MR) is 147 cm³/mol. The Morgan fingerprint density at radius 3 is 2.11 bits per heavy atom. The molecule has 1 N–H and O–H groups in total. The smallest absolute Gasteiger partial charge is 0.221 e. The molecule has 4 aromatic rings. The molecule has 0 aliphatic rings. The third-order valence-electron chi connectivity index (χ3n) is 5.78. The highest BCUT2D eigenvalue weighted by Crippen LogP contribution is 2.29. The molecule has 0 bridgehead atoms.